The van der Waals surface area contributed by atoms with E-state index >= 15 is 0 Å². The first-order valence-electron chi connectivity index (χ1n) is 6.40. The molecule has 0 spiro atoms. The quantitative estimate of drug-likeness (QED) is 0.894. The highest BCUT2D eigenvalue weighted by molar-refractivity contribution is 7.16. The fraction of sp³-hybridized carbons (Fsp3) is 0.615. The third kappa shape index (κ3) is 4.95. The van der Waals surface area contributed by atoms with E-state index in [1.807, 2.05) is 19.1 Å². The highest BCUT2D eigenvalue weighted by Gasteiger charge is 2.19. The molecule has 0 radical (unpaired) electrons. The van der Waals surface area contributed by atoms with E-state index in [1.54, 1.807) is 0 Å². The zero-order valence-electron chi connectivity index (χ0n) is 10.9. The second-order valence-corrected chi connectivity index (χ2v) is 6.57. The first-order valence-corrected chi connectivity index (χ1v) is 7.60. The summed E-state index contributed by atoms with van der Waals surface area (Å²) in [5, 5.41) is 6.40. The summed E-state index contributed by atoms with van der Waals surface area (Å²) >= 11 is 7.36. The average molecular weight is 323 g/mol. The zero-order chi connectivity index (χ0) is 13.0. The van der Waals surface area contributed by atoms with E-state index in [0.29, 0.717) is 5.92 Å². The lowest BCUT2D eigenvalue weighted by Crippen LogP contribution is -2.39. The predicted molar refractivity (Wildman–Crippen MR) is 83.6 cm³/mol. The summed E-state index contributed by atoms with van der Waals surface area (Å²) < 4.78 is 0.737. The van der Waals surface area contributed by atoms with Crippen LogP contribution in [0, 0.1) is 5.92 Å². The van der Waals surface area contributed by atoms with Crippen molar-refractivity contribution in [1.82, 2.24) is 10.6 Å². The molecule has 0 saturated carbocycles. The third-order valence-electron chi connectivity index (χ3n) is 3.38. The molecule has 2 heterocycles. The maximum atomic E-state index is 12.0. The van der Waals surface area contributed by atoms with Crippen LogP contribution in [0.25, 0.3) is 0 Å². The Balaban J connectivity index is 0.00000180. The lowest BCUT2D eigenvalue weighted by atomic mass is 9.99. The second-order valence-electron chi connectivity index (χ2n) is 4.82. The van der Waals surface area contributed by atoms with Gasteiger partial charge in [-0.3, -0.25) is 4.79 Å². The lowest BCUT2D eigenvalue weighted by Gasteiger charge is -2.23. The van der Waals surface area contributed by atoms with Gasteiger partial charge in [0.15, 0.2) is 0 Å². The average Bonchev–Trinajstić information content (AvgIpc) is 2.83. The molecule has 0 aliphatic carbocycles. The van der Waals surface area contributed by atoms with Crippen molar-refractivity contribution in [3.8, 4) is 0 Å². The molecule has 1 aromatic heterocycles. The molecule has 1 aromatic rings. The van der Waals surface area contributed by atoms with Gasteiger partial charge in [-0.2, -0.15) is 0 Å². The van der Waals surface area contributed by atoms with Gasteiger partial charge in [0, 0.05) is 11.4 Å². The summed E-state index contributed by atoms with van der Waals surface area (Å²) in [4.78, 5) is 13.1. The van der Waals surface area contributed by atoms with Crippen molar-refractivity contribution < 1.29 is 4.79 Å². The van der Waals surface area contributed by atoms with Crippen LogP contribution in [0.15, 0.2) is 12.1 Å². The molecular weight excluding hydrogens is 303 g/mol. The number of nitrogens with one attached hydrogen (secondary N) is 2. The van der Waals surface area contributed by atoms with Crippen LogP contribution in [-0.2, 0) is 4.79 Å². The van der Waals surface area contributed by atoms with Gasteiger partial charge in [0.05, 0.1) is 10.3 Å². The van der Waals surface area contributed by atoms with Crippen molar-refractivity contribution in [3.63, 3.8) is 0 Å². The molecule has 2 atom stereocenters. The van der Waals surface area contributed by atoms with Gasteiger partial charge in [0.1, 0.15) is 0 Å². The van der Waals surface area contributed by atoms with Crippen LogP contribution >= 0.6 is 35.3 Å². The van der Waals surface area contributed by atoms with Gasteiger partial charge in [-0.05, 0) is 50.9 Å². The molecule has 1 aliphatic heterocycles. The van der Waals surface area contributed by atoms with Crippen molar-refractivity contribution in [2.24, 2.45) is 5.92 Å². The van der Waals surface area contributed by atoms with Gasteiger partial charge in [-0.1, -0.05) is 11.6 Å². The standard InChI is InChI=1S/C13H19ClN2OS.ClH/c1-9(11-4-5-12(14)18-11)13(17)16-8-10-3-2-6-15-7-10;/h4-5,9-10,15H,2-3,6-8H2,1H3,(H,16,17);1H. The van der Waals surface area contributed by atoms with E-state index in [9.17, 15) is 4.79 Å². The van der Waals surface area contributed by atoms with Crippen LogP contribution in [0.4, 0.5) is 0 Å². The Bertz CT molecular complexity index is 405. The number of carbonyl (C=O) groups excluding carboxylic acids is 1. The molecule has 2 unspecified atom stereocenters. The van der Waals surface area contributed by atoms with Gasteiger partial charge >= 0.3 is 0 Å². The Kier molecular flexibility index (Phi) is 7.15. The van der Waals surface area contributed by atoms with Gasteiger partial charge in [-0.25, -0.2) is 0 Å². The zero-order valence-corrected chi connectivity index (χ0v) is 13.3. The van der Waals surface area contributed by atoms with Crippen LogP contribution in [0.2, 0.25) is 4.34 Å². The Labute approximate surface area is 129 Å². The highest BCUT2D eigenvalue weighted by atomic mass is 35.5. The lowest BCUT2D eigenvalue weighted by molar-refractivity contribution is -0.122. The smallest absolute Gasteiger partial charge is 0.228 e. The third-order valence-corrected chi connectivity index (χ3v) is 4.79. The summed E-state index contributed by atoms with van der Waals surface area (Å²) in [5.74, 6) is 0.556. The number of hydrogen-bond acceptors (Lipinski definition) is 3. The van der Waals surface area contributed by atoms with Gasteiger partial charge in [0.2, 0.25) is 5.91 Å². The van der Waals surface area contributed by atoms with E-state index in [0.717, 1.165) is 28.8 Å². The molecule has 108 valence electrons. The molecule has 1 fully saturated rings. The highest BCUT2D eigenvalue weighted by Crippen LogP contribution is 2.28. The fourth-order valence-electron chi connectivity index (χ4n) is 2.19. The fourth-order valence-corrected chi connectivity index (χ4v) is 3.30. The number of piperidine rings is 1. The molecule has 0 aromatic carbocycles. The minimum absolute atomic E-state index is 0. The normalized spacial score (nSPS) is 20.4. The van der Waals surface area contributed by atoms with Crippen molar-refractivity contribution in [2.45, 2.75) is 25.7 Å². The molecule has 3 nitrogen and oxygen atoms in total. The second kappa shape index (κ2) is 8.10. The first-order chi connectivity index (χ1) is 8.66. The van der Waals surface area contributed by atoms with E-state index < -0.39 is 0 Å². The van der Waals surface area contributed by atoms with E-state index in [1.165, 1.54) is 24.2 Å². The molecule has 6 heteroatoms. The largest absolute Gasteiger partial charge is 0.355 e. The van der Waals surface area contributed by atoms with Gasteiger partial charge in [-0.15, -0.1) is 23.7 Å². The van der Waals surface area contributed by atoms with Crippen molar-refractivity contribution in [1.29, 1.82) is 0 Å². The molecule has 2 N–H and O–H groups in total. The molecule has 19 heavy (non-hydrogen) atoms. The number of hydrogen-bond donors (Lipinski definition) is 2. The van der Waals surface area contributed by atoms with Crippen molar-refractivity contribution in [3.05, 3.63) is 21.3 Å². The molecule has 2 rings (SSSR count). The molecule has 1 amide bonds. The SMILES string of the molecule is CC(C(=O)NCC1CCCNC1)c1ccc(Cl)s1.Cl. The first kappa shape index (κ1) is 16.8. The number of carbonyl (C=O) groups is 1. The summed E-state index contributed by atoms with van der Waals surface area (Å²) in [7, 11) is 0. The maximum Gasteiger partial charge on any atom is 0.228 e. The van der Waals surface area contributed by atoms with Crippen molar-refractivity contribution >= 4 is 41.3 Å². The number of thiophene rings is 1. The summed E-state index contributed by atoms with van der Waals surface area (Å²) in [6.07, 6.45) is 2.41. The maximum absolute atomic E-state index is 12.0. The van der Waals surface area contributed by atoms with E-state index in [-0.39, 0.29) is 24.2 Å². The topological polar surface area (TPSA) is 41.1 Å². The van der Waals surface area contributed by atoms with Crippen LogP contribution in [0.5, 0.6) is 0 Å². The number of halogens is 2. The minimum Gasteiger partial charge on any atom is -0.355 e. The van der Waals surface area contributed by atoms with Crippen LogP contribution in [0.1, 0.15) is 30.6 Å². The van der Waals surface area contributed by atoms with Crippen LogP contribution in [0.3, 0.4) is 0 Å². The Morgan fingerprint density at radius 1 is 1.63 bits per heavy atom. The summed E-state index contributed by atoms with van der Waals surface area (Å²) in [5.41, 5.74) is 0. The molecule has 1 saturated heterocycles. The van der Waals surface area contributed by atoms with Crippen LogP contribution < -0.4 is 10.6 Å². The molecular formula is C13H20Cl2N2OS. The van der Waals surface area contributed by atoms with Gasteiger partial charge < -0.3 is 10.6 Å². The molecule has 1 aliphatic rings. The predicted octanol–water partition coefficient (Wildman–Crippen LogP) is 3.04. The number of amides is 1. The minimum atomic E-state index is -0.112. The molecule has 0 bridgehead atoms. The summed E-state index contributed by atoms with van der Waals surface area (Å²) in [6, 6.07) is 3.77. The summed E-state index contributed by atoms with van der Waals surface area (Å²) in [6.45, 7) is 4.82. The van der Waals surface area contributed by atoms with Crippen molar-refractivity contribution in [2.75, 3.05) is 19.6 Å². The van der Waals surface area contributed by atoms with Gasteiger partial charge in [0.25, 0.3) is 0 Å². The van der Waals surface area contributed by atoms with E-state index in [4.69, 9.17) is 11.6 Å². The van der Waals surface area contributed by atoms with E-state index in [2.05, 4.69) is 10.6 Å². The Morgan fingerprint density at radius 2 is 2.42 bits per heavy atom. The number of rotatable bonds is 4. The monoisotopic (exact) mass is 322 g/mol. The Hall–Kier alpha value is -0.290. The van der Waals surface area contributed by atoms with Crippen LogP contribution in [-0.4, -0.2) is 25.5 Å². The Morgan fingerprint density at radius 3 is 3.00 bits per heavy atom.